The number of nitrogens with zero attached hydrogens (tertiary/aromatic N) is 4. The zero-order valence-corrected chi connectivity index (χ0v) is 17.8. The summed E-state index contributed by atoms with van der Waals surface area (Å²) >= 11 is 1.44. The van der Waals surface area contributed by atoms with Crippen molar-refractivity contribution in [3.8, 4) is 28.8 Å². The molecular formula is C22H16F3N5OS. The maximum atomic E-state index is 13.2. The highest BCUT2D eigenvalue weighted by Crippen LogP contribution is 2.32. The Morgan fingerprint density at radius 1 is 1.16 bits per heavy atom. The van der Waals surface area contributed by atoms with Gasteiger partial charge in [-0.1, -0.05) is 6.07 Å². The molecule has 0 spiro atoms. The van der Waals surface area contributed by atoms with Gasteiger partial charge >= 0.3 is 11.9 Å². The molecule has 0 atom stereocenters. The predicted molar refractivity (Wildman–Crippen MR) is 115 cm³/mol. The standard InChI is InChI=1S/C22H16F3N5OS/c1-13-20(28-21(31)29(13)16-5-3-4-15(11-16)22(23,24)25)18-8-9-27-30(18)17-7-6-14(12-26)10-19(17)32-2/h3-11H,1-2H3,(H,28,31). The minimum Gasteiger partial charge on any atom is -0.304 e. The van der Waals surface area contributed by atoms with Gasteiger partial charge in [-0.15, -0.1) is 11.8 Å². The van der Waals surface area contributed by atoms with Crippen molar-refractivity contribution in [2.45, 2.75) is 18.0 Å². The van der Waals surface area contributed by atoms with Gasteiger partial charge in [0.25, 0.3) is 0 Å². The van der Waals surface area contributed by atoms with Crippen molar-refractivity contribution in [1.82, 2.24) is 19.3 Å². The van der Waals surface area contributed by atoms with Crippen LogP contribution in [0.15, 0.2) is 64.4 Å². The van der Waals surface area contributed by atoms with Gasteiger partial charge in [-0.2, -0.15) is 23.5 Å². The molecule has 4 rings (SSSR count). The first-order valence-electron chi connectivity index (χ1n) is 9.36. The van der Waals surface area contributed by atoms with Crippen LogP contribution in [0.2, 0.25) is 0 Å². The molecule has 2 aromatic carbocycles. The summed E-state index contributed by atoms with van der Waals surface area (Å²) in [6.45, 7) is 1.65. The van der Waals surface area contributed by atoms with E-state index in [0.717, 1.165) is 17.0 Å². The van der Waals surface area contributed by atoms with Crippen molar-refractivity contribution < 1.29 is 13.2 Å². The number of nitriles is 1. The molecule has 0 saturated heterocycles. The molecule has 0 amide bonds. The van der Waals surface area contributed by atoms with E-state index in [0.29, 0.717) is 28.3 Å². The van der Waals surface area contributed by atoms with E-state index in [-0.39, 0.29) is 5.69 Å². The van der Waals surface area contributed by atoms with Crippen molar-refractivity contribution in [2.75, 3.05) is 6.26 Å². The van der Waals surface area contributed by atoms with Gasteiger partial charge in [0.05, 0.1) is 51.8 Å². The van der Waals surface area contributed by atoms with Gasteiger partial charge in [0.1, 0.15) is 0 Å². The van der Waals surface area contributed by atoms with Crippen LogP contribution in [-0.4, -0.2) is 25.6 Å². The predicted octanol–water partition coefficient (Wildman–Crippen LogP) is 4.94. The molecule has 4 aromatic rings. The highest BCUT2D eigenvalue weighted by Gasteiger charge is 2.31. The van der Waals surface area contributed by atoms with Crippen LogP contribution < -0.4 is 5.69 Å². The van der Waals surface area contributed by atoms with E-state index in [1.165, 1.54) is 28.5 Å². The number of benzene rings is 2. The Bertz CT molecular complexity index is 1410. The van der Waals surface area contributed by atoms with Gasteiger partial charge < -0.3 is 4.98 Å². The number of thioether (sulfide) groups is 1. The third-order valence-electron chi connectivity index (χ3n) is 5.00. The number of hydrogen-bond acceptors (Lipinski definition) is 4. The van der Waals surface area contributed by atoms with Crippen LogP contribution in [0, 0.1) is 18.3 Å². The number of H-pyrrole nitrogens is 1. The highest BCUT2D eigenvalue weighted by molar-refractivity contribution is 7.98. The Kier molecular flexibility index (Phi) is 5.44. The second-order valence-electron chi connectivity index (χ2n) is 6.90. The van der Waals surface area contributed by atoms with Crippen molar-refractivity contribution in [3.05, 3.63) is 82.0 Å². The summed E-state index contributed by atoms with van der Waals surface area (Å²) in [6.07, 6.45) is -1.08. The molecule has 0 aliphatic rings. The first kappa shape index (κ1) is 21.5. The quantitative estimate of drug-likeness (QED) is 0.442. The first-order chi connectivity index (χ1) is 15.2. The number of aromatic nitrogens is 4. The van der Waals surface area contributed by atoms with Gasteiger partial charge in [-0.3, -0.25) is 4.57 Å². The summed E-state index contributed by atoms with van der Waals surface area (Å²) < 4.78 is 42.3. The number of imidazole rings is 1. The summed E-state index contributed by atoms with van der Waals surface area (Å²) in [5, 5.41) is 13.5. The van der Waals surface area contributed by atoms with Crippen LogP contribution in [0.25, 0.3) is 22.8 Å². The number of halogens is 3. The Morgan fingerprint density at radius 2 is 1.94 bits per heavy atom. The Morgan fingerprint density at radius 3 is 2.62 bits per heavy atom. The van der Waals surface area contributed by atoms with E-state index in [1.54, 1.807) is 42.1 Å². The van der Waals surface area contributed by atoms with Gasteiger partial charge in [0.2, 0.25) is 0 Å². The topological polar surface area (TPSA) is 79.4 Å². The Balaban J connectivity index is 1.86. The summed E-state index contributed by atoms with van der Waals surface area (Å²) in [4.78, 5) is 16.3. The summed E-state index contributed by atoms with van der Waals surface area (Å²) in [5.74, 6) is 0. The van der Waals surface area contributed by atoms with E-state index in [4.69, 9.17) is 5.26 Å². The molecule has 2 aromatic heterocycles. The fourth-order valence-corrected chi connectivity index (χ4v) is 4.11. The van der Waals surface area contributed by atoms with E-state index in [9.17, 15) is 18.0 Å². The van der Waals surface area contributed by atoms with Crippen LogP contribution in [0.5, 0.6) is 0 Å². The smallest absolute Gasteiger partial charge is 0.304 e. The fraction of sp³-hybridized carbons (Fsp3) is 0.136. The first-order valence-corrected chi connectivity index (χ1v) is 10.6. The molecule has 0 aliphatic heterocycles. The SMILES string of the molecule is CSc1cc(C#N)ccc1-n1nccc1-c1[nH]c(=O)n(-c2cccc(C(F)(F)F)c2)c1C. The molecule has 0 aliphatic carbocycles. The zero-order chi connectivity index (χ0) is 23.0. The lowest BCUT2D eigenvalue weighted by Gasteiger charge is -2.12. The summed E-state index contributed by atoms with van der Waals surface area (Å²) in [6, 6.07) is 13.6. The molecule has 0 fully saturated rings. The van der Waals surface area contributed by atoms with E-state index < -0.39 is 17.4 Å². The second kappa shape index (κ2) is 8.09. The molecular weight excluding hydrogens is 439 g/mol. The number of alkyl halides is 3. The lowest BCUT2D eigenvalue weighted by molar-refractivity contribution is -0.137. The molecule has 2 heterocycles. The monoisotopic (exact) mass is 455 g/mol. The second-order valence-corrected chi connectivity index (χ2v) is 7.75. The van der Waals surface area contributed by atoms with Crippen LogP contribution in [0.1, 0.15) is 16.8 Å². The molecule has 0 bridgehead atoms. The van der Waals surface area contributed by atoms with Gasteiger partial charge in [-0.05, 0) is 55.6 Å². The van der Waals surface area contributed by atoms with Crippen molar-refractivity contribution in [2.24, 2.45) is 0 Å². The summed E-state index contributed by atoms with van der Waals surface area (Å²) in [5.41, 5.74) is 1.36. The van der Waals surface area contributed by atoms with Crippen LogP contribution in [0.3, 0.4) is 0 Å². The lowest BCUT2D eigenvalue weighted by atomic mass is 10.2. The number of aromatic amines is 1. The van der Waals surface area contributed by atoms with E-state index >= 15 is 0 Å². The molecule has 10 heteroatoms. The highest BCUT2D eigenvalue weighted by atomic mass is 32.2. The third-order valence-corrected chi connectivity index (χ3v) is 5.77. The molecule has 6 nitrogen and oxygen atoms in total. The van der Waals surface area contributed by atoms with E-state index in [1.807, 2.05) is 6.26 Å². The fourth-order valence-electron chi connectivity index (χ4n) is 3.51. The van der Waals surface area contributed by atoms with Crippen LogP contribution >= 0.6 is 11.8 Å². The molecule has 0 saturated carbocycles. The van der Waals surface area contributed by atoms with Gasteiger partial charge in [-0.25, -0.2) is 9.48 Å². The van der Waals surface area contributed by atoms with Gasteiger partial charge in [0, 0.05) is 4.90 Å². The Hall–Kier alpha value is -3.71. The van der Waals surface area contributed by atoms with Gasteiger partial charge in [0.15, 0.2) is 0 Å². The van der Waals surface area contributed by atoms with E-state index in [2.05, 4.69) is 16.2 Å². The average Bonchev–Trinajstić information content (AvgIpc) is 3.36. The van der Waals surface area contributed by atoms with Crippen LogP contribution in [0.4, 0.5) is 13.2 Å². The average molecular weight is 455 g/mol. The maximum Gasteiger partial charge on any atom is 0.416 e. The molecule has 32 heavy (non-hydrogen) atoms. The van der Waals surface area contributed by atoms with Crippen molar-refractivity contribution >= 4 is 11.8 Å². The van der Waals surface area contributed by atoms with Crippen molar-refractivity contribution in [1.29, 1.82) is 5.26 Å². The normalized spacial score (nSPS) is 11.5. The number of hydrogen-bond donors (Lipinski definition) is 1. The van der Waals surface area contributed by atoms with Crippen LogP contribution in [-0.2, 0) is 6.18 Å². The molecule has 1 N–H and O–H groups in total. The third kappa shape index (κ3) is 3.71. The minimum absolute atomic E-state index is 0.110. The lowest BCUT2D eigenvalue weighted by Crippen LogP contribution is -2.16. The zero-order valence-electron chi connectivity index (χ0n) is 16.9. The molecule has 0 radical (unpaired) electrons. The number of rotatable bonds is 4. The summed E-state index contributed by atoms with van der Waals surface area (Å²) in [7, 11) is 0. The largest absolute Gasteiger partial charge is 0.416 e. The number of nitrogens with one attached hydrogen (secondary N) is 1. The molecule has 162 valence electrons. The minimum atomic E-state index is -4.52. The Labute approximate surface area is 184 Å². The molecule has 0 unspecified atom stereocenters. The van der Waals surface area contributed by atoms with Crippen molar-refractivity contribution in [3.63, 3.8) is 0 Å². The maximum absolute atomic E-state index is 13.2.